The molecule has 2 rings (SSSR count). The van der Waals surface area contributed by atoms with Gasteiger partial charge >= 0.3 is 0 Å². The Morgan fingerprint density at radius 3 is 2.50 bits per heavy atom. The standard InChI is InChI=1S/C10H18N4O2S.ClH/c1-13-10(2-5-12-13)17(15,16)14-6-3-9(8-11)4-7-14;/h2,5,9H,3-4,6-8,11H2,1H3;1H. The number of hydrogen-bond acceptors (Lipinski definition) is 4. The van der Waals surface area contributed by atoms with Crippen molar-refractivity contribution in [1.82, 2.24) is 14.1 Å². The van der Waals surface area contributed by atoms with E-state index in [1.165, 1.54) is 21.3 Å². The van der Waals surface area contributed by atoms with E-state index in [4.69, 9.17) is 5.73 Å². The average Bonchev–Trinajstić information content (AvgIpc) is 2.76. The van der Waals surface area contributed by atoms with Gasteiger partial charge in [0.25, 0.3) is 10.0 Å². The molecule has 2 heterocycles. The van der Waals surface area contributed by atoms with Crippen LogP contribution in [0.3, 0.4) is 0 Å². The van der Waals surface area contributed by atoms with Crippen molar-refractivity contribution in [2.45, 2.75) is 17.9 Å². The highest BCUT2D eigenvalue weighted by molar-refractivity contribution is 7.89. The van der Waals surface area contributed by atoms with E-state index in [2.05, 4.69) is 5.10 Å². The molecule has 1 aliphatic heterocycles. The van der Waals surface area contributed by atoms with Gasteiger partial charge in [0, 0.05) is 20.1 Å². The van der Waals surface area contributed by atoms with Gasteiger partial charge in [-0.1, -0.05) is 0 Å². The summed E-state index contributed by atoms with van der Waals surface area (Å²) in [4.78, 5) is 0. The van der Waals surface area contributed by atoms with E-state index in [9.17, 15) is 8.42 Å². The summed E-state index contributed by atoms with van der Waals surface area (Å²) in [6.45, 7) is 1.74. The average molecular weight is 295 g/mol. The Labute approximate surface area is 114 Å². The van der Waals surface area contributed by atoms with Crippen LogP contribution in [0.15, 0.2) is 17.3 Å². The minimum Gasteiger partial charge on any atom is -0.330 e. The second kappa shape index (κ2) is 6.01. The second-order valence-electron chi connectivity index (χ2n) is 4.38. The number of nitrogens with zero attached hydrogens (tertiary/aromatic N) is 3. The SMILES string of the molecule is Cl.Cn1nccc1S(=O)(=O)N1CCC(CN)CC1. The smallest absolute Gasteiger partial charge is 0.260 e. The molecule has 0 radical (unpaired) electrons. The number of aromatic nitrogens is 2. The first-order valence-electron chi connectivity index (χ1n) is 5.74. The molecule has 0 aliphatic carbocycles. The summed E-state index contributed by atoms with van der Waals surface area (Å²) in [5.41, 5.74) is 5.59. The number of halogens is 1. The lowest BCUT2D eigenvalue weighted by atomic mass is 9.99. The number of rotatable bonds is 3. The molecule has 0 saturated carbocycles. The minimum absolute atomic E-state index is 0. The molecule has 0 spiro atoms. The molecule has 0 unspecified atom stereocenters. The zero-order valence-corrected chi connectivity index (χ0v) is 12.0. The van der Waals surface area contributed by atoms with Crippen molar-refractivity contribution in [3.05, 3.63) is 12.3 Å². The zero-order chi connectivity index (χ0) is 12.5. The van der Waals surface area contributed by atoms with Crippen LogP contribution < -0.4 is 5.73 Å². The molecule has 0 aromatic carbocycles. The van der Waals surface area contributed by atoms with Crippen molar-refractivity contribution in [3.63, 3.8) is 0 Å². The molecule has 1 saturated heterocycles. The lowest BCUT2D eigenvalue weighted by Gasteiger charge is -2.30. The predicted octanol–water partition coefficient (Wildman–Crippen LogP) is 0.201. The number of piperidine rings is 1. The molecule has 8 heteroatoms. The zero-order valence-electron chi connectivity index (χ0n) is 10.3. The third-order valence-electron chi connectivity index (χ3n) is 3.29. The molecule has 1 aromatic rings. The molecule has 1 aromatic heterocycles. The molecular weight excluding hydrogens is 276 g/mol. The van der Waals surface area contributed by atoms with Gasteiger partial charge in [0.1, 0.15) is 0 Å². The third kappa shape index (κ3) is 2.85. The van der Waals surface area contributed by atoms with Gasteiger partial charge in [0.2, 0.25) is 0 Å². The van der Waals surface area contributed by atoms with Crippen LogP contribution in [0, 0.1) is 5.92 Å². The van der Waals surface area contributed by atoms with Crippen molar-refractivity contribution in [2.24, 2.45) is 18.7 Å². The Morgan fingerprint density at radius 1 is 1.44 bits per heavy atom. The summed E-state index contributed by atoms with van der Waals surface area (Å²) in [6, 6.07) is 1.53. The molecule has 0 bridgehead atoms. The van der Waals surface area contributed by atoms with Crippen LogP contribution in [0.25, 0.3) is 0 Å². The highest BCUT2D eigenvalue weighted by Gasteiger charge is 2.30. The van der Waals surface area contributed by atoms with E-state index in [0.717, 1.165) is 12.8 Å². The van der Waals surface area contributed by atoms with Crippen LogP contribution in [-0.2, 0) is 17.1 Å². The predicted molar refractivity (Wildman–Crippen MR) is 71.0 cm³/mol. The van der Waals surface area contributed by atoms with Crippen molar-refractivity contribution in [1.29, 1.82) is 0 Å². The quantitative estimate of drug-likeness (QED) is 0.863. The molecule has 18 heavy (non-hydrogen) atoms. The fraction of sp³-hybridized carbons (Fsp3) is 0.700. The Morgan fingerprint density at radius 2 is 2.06 bits per heavy atom. The normalized spacial score (nSPS) is 18.6. The van der Waals surface area contributed by atoms with Gasteiger partial charge < -0.3 is 5.73 Å². The largest absolute Gasteiger partial charge is 0.330 e. The fourth-order valence-corrected chi connectivity index (χ4v) is 3.70. The maximum absolute atomic E-state index is 12.3. The van der Waals surface area contributed by atoms with Crippen LogP contribution in [0.2, 0.25) is 0 Å². The molecule has 104 valence electrons. The van der Waals surface area contributed by atoms with E-state index in [1.54, 1.807) is 7.05 Å². The van der Waals surface area contributed by atoms with Gasteiger partial charge in [-0.2, -0.15) is 9.40 Å². The molecule has 0 amide bonds. The van der Waals surface area contributed by atoms with Gasteiger partial charge in [0.15, 0.2) is 5.03 Å². The van der Waals surface area contributed by atoms with Gasteiger partial charge in [0.05, 0.1) is 6.20 Å². The minimum atomic E-state index is -3.39. The van der Waals surface area contributed by atoms with Gasteiger partial charge in [-0.25, -0.2) is 8.42 Å². The Balaban J connectivity index is 0.00000162. The van der Waals surface area contributed by atoms with Crippen LogP contribution >= 0.6 is 12.4 Å². The van der Waals surface area contributed by atoms with Gasteiger partial charge in [-0.05, 0) is 31.4 Å². The highest BCUT2D eigenvalue weighted by Crippen LogP contribution is 2.22. The lowest BCUT2D eigenvalue weighted by molar-refractivity contribution is 0.277. The first-order chi connectivity index (χ1) is 8.05. The van der Waals surface area contributed by atoms with Crippen LogP contribution in [0.5, 0.6) is 0 Å². The van der Waals surface area contributed by atoms with Gasteiger partial charge in [-0.3, -0.25) is 4.68 Å². The van der Waals surface area contributed by atoms with Crippen LogP contribution in [0.1, 0.15) is 12.8 Å². The molecule has 1 fully saturated rings. The van der Waals surface area contributed by atoms with Crippen LogP contribution in [0.4, 0.5) is 0 Å². The summed E-state index contributed by atoms with van der Waals surface area (Å²) >= 11 is 0. The summed E-state index contributed by atoms with van der Waals surface area (Å²) in [5.74, 6) is 0.452. The number of nitrogens with two attached hydrogens (primary N) is 1. The molecular formula is C10H19ClN4O2S. The number of sulfonamides is 1. The second-order valence-corrected chi connectivity index (χ2v) is 6.26. The maximum atomic E-state index is 12.3. The van der Waals surface area contributed by atoms with E-state index >= 15 is 0 Å². The van der Waals surface area contributed by atoms with E-state index in [-0.39, 0.29) is 17.4 Å². The van der Waals surface area contributed by atoms with Gasteiger partial charge in [-0.15, -0.1) is 12.4 Å². The first-order valence-corrected chi connectivity index (χ1v) is 7.18. The van der Waals surface area contributed by atoms with E-state index in [0.29, 0.717) is 25.6 Å². The molecule has 2 N–H and O–H groups in total. The number of hydrogen-bond donors (Lipinski definition) is 1. The Hall–Kier alpha value is -0.630. The Kier molecular flexibility index (Phi) is 5.15. The lowest BCUT2D eigenvalue weighted by Crippen LogP contribution is -2.40. The molecule has 1 aliphatic rings. The summed E-state index contributed by atoms with van der Waals surface area (Å²) in [7, 11) is -1.75. The summed E-state index contributed by atoms with van der Waals surface area (Å²) < 4.78 is 27.5. The first kappa shape index (κ1) is 15.4. The summed E-state index contributed by atoms with van der Waals surface area (Å²) in [5, 5.41) is 4.15. The third-order valence-corrected chi connectivity index (χ3v) is 5.26. The fourth-order valence-electron chi connectivity index (χ4n) is 2.13. The highest BCUT2D eigenvalue weighted by atomic mass is 35.5. The summed E-state index contributed by atoms with van der Waals surface area (Å²) in [6.07, 6.45) is 3.18. The molecule has 0 atom stereocenters. The number of aryl methyl sites for hydroxylation is 1. The van der Waals surface area contributed by atoms with E-state index in [1.807, 2.05) is 0 Å². The Bertz CT molecular complexity index is 480. The maximum Gasteiger partial charge on any atom is 0.260 e. The molecule has 6 nitrogen and oxygen atoms in total. The van der Waals surface area contributed by atoms with E-state index < -0.39 is 10.0 Å². The van der Waals surface area contributed by atoms with Crippen molar-refractivity contribution in [3.8, 4) is 0 Å². The topological polar surface area (TPSA) is 81.2 Å². The van der Waals surface area contributed by atoms with Crippen molar-refractivity contribution in [2.75, 3.05) is 19.6 Å². The van der Waals surface area contributed by atoms with Crippen molar-refractivity contribution >= 4 is 22.4 Å². The van der Waals surface area contributed by atoms with Crippen LogP contribution in [-0.4, -0.2) is 42.1 Å². The van der Waals surface area contributed by atoms with Crippen molar-refractivity contribution < 1.29 is 8.42 Å². The monoisotopic (exact) mass is 294 g/mol.